The molecule has 0 bridgehead atoms. The molecule has 96 valence electrons. The molecule has 0 unspecified atom stereocenters. The largest absolute Gasteiger partial charge is 0.412 e. The van der Waals surface area contributed by atoms with E-state index in [1.807, 2.05) is 13.0 Å². The Morgan fingerprint density at radius 1 is 1.28 bits per heavy atom. The van der Waals surface area contributed by atoms with E-state index < -0.39 is 5.92 Å². The van der Waals surface area contributed by atoms with Gasteiger partial charge in [-0.25, -0.2) is 0 Å². The number of hydrogen-bond donors (Lipinski definition) is 1. The van der Waals surface area contributed by atoms with Crippen molar-refractivity contribution >= 4 is 11.6 Å². The second kappa shape index (κ2) is 5.31. The number of benzene rings is 1. The monoisotopic (exact) mass is 247 g/mol. The molecule has 1 fully saturated rings. The summed E-state index contributed by atoms with van der Waals surface area (Å²) in [4.78, 5) is 28.7. The van der Waals surface area contributed by atoms with E-state index in [0.29, 0.717) is 25.0 Å². The highest BCUT2D eigenvalue weighted by atomic mass is 16.6. The summed E-state index contributed by atoms with van der Waals surface area (Å²) in [7, 11) is 0. The fraction of sp³-hybridized carbons (Fsp3) is 0.429. The number of carbonyl (C=O) groups is 2. The van der Waals surface area contributed by atoms with Crippen molar-refractivity contribution in [1.82, 2.24) is 0 Å². The smallest absolute Gasteiger partial charge is 0.147 e. The molecule has 1 aromatic rings. The maximum Gasteiger partial charge on any atom is 0.147 e. The Kier molecular flexibility index (Phi) is 3.77. The highest BCUT2D eigenvalue weighted by Crippen LogP contribution is 2.32. The van der Waals surface area contributed by atoms with Crippen molar-refractivity contribution in [2.75, 3.05) is 0 Å². The van der Waals surface area contributed by atoms with Crippen LogP contribution in [0.2, 0.25) is 0 Å². The van der Waals surface area contributed by atoms with E-state index in [-0.39, 0.29) is 11.6 Å². The molecule has 1 aliphatic carbocycles. The molecule has 0 atom stereocenters. The van der Waals surface area contributed by atoms with Gasteiger partial charge in [0.1, 0.15) is 23.2 Å². The number of rotatable bonds is 3. The van der Waals surface area contributed by atoms with Crippen LogP contribution in [0, 0.1) is 0 Å². The quantitative estimate of drug-likeness (QED) is 0.654. The molecular formula is C14H17NO3. The lowest BCUT2D eigenvalue weighted by Gasteiger charge is -2.22. The van der Waals surface area contributed by atoms with E-state index in [9.17, 15) is 9.59 Å². The summed E-state index contributed by atoms with van der Waals surface area (Å²) in [6, 6.07) is 5.33. The number of nitrogens with two attached hydrogens (primary N) is 1. The van der Waals surface area contributed by atoms with Gasteiger partial charge in [-0.1, -0.05) is 13.0 Å². The summed E-state index contributed by atoms with van der Waals surface area (Å²) in [5.41, 5.74) is 1.76. The summed E-state index contributed by atoms with van der Waals surface area (Å²) in [5.74, 6) is 5.02. The number of ketones is 2. The maximum atomic E-state index is 12.0. The van der Waals surface area contributed by atoms with Gasteiger partial charge in [-0.05, 0) is 36.1 Å². The van der Waals surface area contributed by atoms with Crippen LogP contribution < -0.4 is 10.7 Å². The third-order valence-electron chi connectivity index (χ3n) is 3.44. The van der Waals surface area contributed by atoms with Crippen LogP contribution in [0.1, 0.15) is 43.2 Å². The zero-order valence-corrected chi connectivity index (χ0v) is 10.4. The van der Waals surface area contributed by atoms with Gasteiger partial charge >= 0.3 is 0 Å². The lowest BCUT2D eigenvalue weighted by Crippen LogP contribution is -2.27. The molecule has 0 spiro atoms. The highest BCUT2D eigenvalue weighted by molar-refractivity contribution is 6.09. The van der Waals surface area contributed by atoms with Crippen LogP contribution in [0.5, 0.6) is 5.75 Å². The van der Waals surface area contributed by atoms with Crippen LogP contribution in [-0.4, -0.2) is 11.6 Å². The van der Waals surface area contributed by atoms with E-state index >= 15 is 0 Å². The molecule has 0 amide bonds. The van der Waals surface area contributed by atoms with Gasteiger partial charge in [0.15, 0.2) is 0 Å². The first-order valence-electron chi connectivity index (χ1n) is 6.22. The van der Waals surface area contributed by atoms with Crippen molar-refractivity contribution in [2.45, 2.75) is 38.5 Å². The molecule has 2 rings (SSSR count). The minimum absolute atomic E-state index is 0.00937. The van der Waals surface area contributed by atoms with Crippen molar-refractivity contribution in [1.29, 1.82) is 0 Å². The average Bonchev–Trinajstić information content (AvgIpc) is 2.38. The van der Waals surface area contributed by atoms with Crippen LogP contribution in [-0.2, 0) is 16.0 Å². The van der Waals surface area contributed by atoms with Gasteiger partial charge in [-0.3, -0.25) is 9.59 Å². The average molecular weight is 247 g/mol. The van der Waals surface area contributed by atoms with Gasteiger partial charge in [0.25, 0.3) is 0 Å². The molecule has 2 N–H and O–H groups in total. The minimum atomic E-state index is -0.621. The molecule has 1 saturated carbocycles. The lowest BCUT2D eigenvalue weighted by atomic mass is 9.79. The standard InChI is InChI=1S/C14H17NO3/c1-2-9-6-7-10(18-15)8-11(9)14-12(16)4-3-5-13(14)17/h6-8,14H,2-5,15H2,1H3. The van der Waals surface area contributed by atoms with Gasteiger partial charge in [0.05, 0.1) is 0 Å². The first kappa shape index (κ1) is 12.8. The zero-order valence-electron chi connectivity index (χ0n) is 10.4. The fourth-order valence-electron chi connectivity index (χ4n) is 2.49. The number of Topliss-reactive ketones (excluding diaryl/α,β-unsaturated/α-hetero) is 2. The second-order valence-electron chi connectivity index (χ2n) is 4.55. The van der Waals surface area contributed by atoms with E-state index in [1.54, 1.807) is 12.1 Å². The molecule has 4 heteroatoms. The summed E-state index contributed by atoms with van der Waals surface area (Å²) in [5, 5.41) is 0. The minimum Gasteiger partial charge on any atom is -0.412 e. The third-order valence-corrected chi connectivity index (χ3v) is 3.44. The molecule has 0 saturated heterocycles. The zero-order chi connectivity index (χ0) is 13.1. The molecule has 1 aliphatic rings. The summed E-state index contributed by atoms with van der Waals surface area (Å²) in [6.45, 7) is 2.00. The van der Waals surface area contributed by atoms with Crippen LogP contribution in [0.3, 0.4) is 0 Å². The van der Waals surface area contributed by atoms with Crippen LogP contribution in [0.4, 0.5) is 0 Å². The topological polar surface area (TPSA) is 69.4 Å². The Hall–Kier alpha value is -1.68. The normalized spacial score (nSPS) is 17.0. The molecular weight excluding hydrogens is 230 g/mol. The molecule has 0 radical (unpaired) electrons. The predicted molar refractivity (Wildman–Crippen MR) is 67.2 cm³/mol. The van der Waals surface area contributed by atoms with Crippen molar-refractivity contribution < 1.29 is 14.4 Å². The summed E-state index contributed by atoms with van der Waals surface area (Å²) < 4.78 is 0. The van der Waals surface area contributed by atoms with Crippen LogP contribution >= 0.6 is 0 Å². The van der Waals surface area contributed by atoms with Crippen LogP contribution in [0.25, 0.3) is 0 Å². The Bertz CT molecular complexity index is 466. The summed E-state index contributed by atoms with van der Waals surface area (Å²) >= 11 is 0. The molecule has 0 aliphatic heterocycles. The molecule has 18 heavy (non-hydrogen) atoms. The van der Waals surface area contributed by atoms with Crippen molar-refractivity contribution in [3.05, 3.63) is 29.3 Å². The Labute approximate surface area is 106 Å². The molecule has 4 nitrogen and oxygen atoms in total. The predicted octanol–water partition coefficient (Wildman–Crippen LogP) is 1.91. The molecule has 0 aromatic heterocycles. The fourth-order valence-corrected chi connectivity index (χ4v) is 2.49. The van der Waals surface area contributed by atoms with Crippen molar-refractivity contribution in [3.8, 4) is 5.75 Å². The number of carbonyl (C=O) groups excluding carboxylic acids is 2. The first-order chi connectivity index (χ1) is 8.67. The van der Waals surface area contributed by atoms with Crippen molar-refractivity contribution in [3.63, 3.8) is 0 Å². The van der Waals surface area contributed by atoms with E-state index in [1.165, 1.54) is 0 Å². The van der Waals surface area contributed by atoms with Gasteiger partial charge in [0.2, 0.25) is 0 Å². The molecule has 0 heterocycles. The van der Waals surface area contributed by atoms with Gasteiger partial charge in [-0.15, -0.1) is 0 Å². The SMILES string of the molecule is CCc1ccc(ON)cc1C1C(=O)CCCC1=O. The van der Waals surface area contributed by atoms with E-state index in [4.69, 9.17) is 10.7 Å². The molecule has 1 aromatic carbocycles. The maximum absolute atomic E-state index is 12.0. The van der Waals surface area contributed by atoms with E-state index in [2.05, 4.69) is 0 Å². The Morgan fingerprint density at radius 2 is 1.94 bits per heavy atom. The van der Waals surface area contributed by atoms with Crippen LogP contribution in [0.15, 0.2) is 18.2 Å². The Balaban J connectivity index is 2.46. The van der Waals surface area contributed by atoms with Gasteiger partial charge < -0.3 is 4.84 Å². The number of hydrogen-bond acceptors (Lipinski definition) is 4. The first-order valence-corrected chi connectivity index (χ1v) is 6.22. The Morgan fingerprint density at radius 3 is 2.50 bits per heavy atom. The van der Waals surface area contributed by atoms with Gasteiger partial charge in [0, 0.05) is 12.8 Å². The summed E-state index contributed by atoms with van der Waals surface area (Å²) in [6.07, 6.45) is 2.40. The van der Waals surface area contributed by atoms with E-state index in [0.717, 1.165) is 17.5 Å². The lowest BCUT2D eigenvalue weighted by molar-refractivity contribution is -0.131. The third kappa shape index (κ3) is 2.29. The highest BCUT2D eigenvalue weighted by Gasteiger charge is 2.32. The van der Waals surface area contributed by atoms with Crippen molar-refractivity contribution in [2.24, 2.45) is 5.90 Å². The second-order valence-corrected chi connectivity index (χ2v) is 4.55. The van der Waals surface area contributed by atoms with Gasteiger partial charge in [-0.2, -0.15) is 5.90 Å². The number of aryl methyl sites for hydroxylation is 1.